The summed E-state index contributed by atoms with van der Waals surface area (Å²) in [4.78, 5) is 7.40. The SMILES string of the molecule is CCc1ccc(S(=O)(=O)NOC(C)(C)C)cc1. The third kappa shape index (κ3) is 4.46. The molecule has 0 heterocycles. The van der Waals surface area contributed by atoms with Crippen LogP contribution in [0.2, 0.25) is 0 Å². The monoisotopic (exact) mass is 257 g/mol. The van der Waals surface area contributed by atoms with Crippen LogP contribution in [-0.4, -0.2) is 14.0 Å². The molecule has 0 radical (unpaired) electrons. The highest BCUT2D eigenvalue weighted by molar-refractivity contribution is 7.89. The highest BCUT2D eigenvalue weighted by Crippen LogP contribution is 2.12. The largest absolute Gasteiger partial charge is 0.281 e. The summed E-state index contributed by atoms with van der Waals surface area (Å²) in [6, 6.07) is 6.75. The summed E-state index contributed by atoms with van der Waals surface area (Å²) in [7, 11) is -3.59. The molecule has 0 aliphatic rings. The van der Waals surface area contributed by atoms with Crippen molar-refractivity contribution in [1.29, 1.82) is 0 Å². The number of rotatable bonds is 4. The van der Waals surface area contributed by atoms with Crippen LogP contribution in [0.3, 0.4) is 0 Å². The lowest BCUT2D eigenvalue weighted by Gasteiger charge is -2.19. The lowest BCUT2D eigenvalue weighted by atomic mass is 10.2. The molecule has 0 unspecified atom stereocenters. The van der Waals surface area contributed by atoms with Gasteiger partial charge in [-0.1, -0.05) is 23.9 Å². The van der Waals surface area contributed by atoms with Crippen molar-refractivity contribution in [2.75, 3.05) is 0 Å². The molecule has 0 bridgehead atoms. The second-order valence-electron chi connectivity index (χ2n) is 4.80. The van der Waals surface area contributed by atoms with E-state index < -0.39 is 15.6 Å². The molecule has 0 aliphatic heterocycles. The van der Waals surface area contributed by atoms with Gasteiger partial charge in [-0.3, -0.25) is 4.84 Å². The van der Waals surface area contributed by atoms with Crippen LogP contribution >= 0.6 is 0 Å². The van der Waals surface area contributed by atoms with Crippen molar-refractivity contribution in [2.45, 2.75) is 44.6 Å². The van der Waals surface area contributed by atoms with Crippen LogP contribution in [0.1, 0.15) is 33.3 Å². The number of hydrogen-bond acceptors (Lipinski definition) is 3. The average molecular weight is 257 g/mol. The zero-order valence-corrected chi connectivity index (χ0v) is 11.5. The molecule has 0 aliphatic carbocycles. The molecule has 1 aromatic rings. The van der Waals surface area contributed by atoms with E-state index >= 15 is 0 Å². The van der Waals surface area contributed by atoms with E-state index in [0.717, 1.165) is 12.0 Å². The molecule has 0 amide bonds. The van der Waals surface area contributed by atoms with Gasteiger partial charge in [0.2, 0.25) is 0 Å². The van der Waals surface area contributed by atoms with Crippen molar-refractivity contribution < 1.29 is 13.3 Å². The molecule has 0 aromatic heterocycles. The predicted molar refractivity (Wildman–Crippen MR) is 67.0 cm³/mol. The van der Waals surface area contributed by atoms with Gasteiger partial charge < -0.3 is 0 Å². The van der Waals surface area contributed by atoms with E-state index in [2.05, 4.69) is 4.89 Å². The molecular weight excluding hydrogens is 238 g/mol. The van der Waals surface area contributed by atoms with Crippen LogP contribution in [-0.2, 0) is 21.3 Å². The van der Waals surface area contributed by atoms with Crippen molar-refractivity contribution in [1.82, 2.24) is 4.89 Å². The Balaban J connectivity index is 2.82. The fraction of sp³-hybridized carbons (Fsp3) is 0.500. The maximum Gasteiger partial charge on any atom is 0.262 e. The van der Waals surface area contributed by atoms with Crippen LogP contribution in [0.15, 0.2) is 29.2 Å². The standard InChI is InChI=1S/C12H19NO3S/c1-5-10-6-8-11(9-7-10)17(14,15)13-16-12(2,3)4/h6-9,13H,5H2,1-4H3. The predicted octanol–water partition coefficient (Wildman–Crippen LogP) is 2.26. The molecule has 0 spiro atoms. The van der Waals surface area contributed by atoms with E-state index in [1.807, 2.05) is 6.92 Å². The van der Waals surface area contributed by atoms with Crippen molar-refractivity contribution in [3.63, 3.8) is 0 Å². The summed E-state index contributed by atoms with van der Waals surface area (Å²) >= 11 is 0. The first-order chi connectivity index (χ1) is 7.74. The second-order valence-corrected chi connectivity index (χ2v) is 6.44. The van der Waals surface area contributed by atoms with Crippen molar-refractivity contribution >= 4 is 10.0 Å². The topological polar surface area (TPSA) is 55.4 Å². The maximum atomic E-state index is 11.8. The highest BCUT2D eigenvalue weighted by Gasteiger charge is 2.18. The van der Waals surface area contributed by atoms with E-state index in [0.29, 0.717) is 0 Å². The molecule has 0 saturated carbocycles. The van der Waals surface area contributed by atoms with Gasteiger partial charge in [-0.2, -0.15) is 0 Å². The molecule has 1 aromatic carbocycles. The van der Waals surface area contributed by atoms with Gasteiger partial charge in [0.1, 0.15) is 0 Å². The summed E-state index contributed by atoms with van der Waals surface area (Å²) in [5, 5.41) is 0. The first-order valence-electron chi connectivity index (χ1n) is 5.53. The molecule has 0 saturated heterocycles. The van der Waals surface area contributed by atoms with Crippen molar-refractivity contribution in [3.8, 4) is 0 Å². The third-order valence-electron chi connectivity index (χ3n) is 2.10. The zero-order valence-electron chi connectivity index (χ0n) is 10.6. The second kappa shape index (κ2) is 5.16. The van der Waals surface area contributed by atoms with Gasteiger partial charge in [0, 0.05) is 0 Å². The smallest absolute Gasteiger partial charge is 0.262 e. The molecule has 0 fully saturated rings. The Bertz CT molecular complexity index is 458. The van der Waals surface area contributed by atoms with Crippen LogP contribution in [0.25, 0.3) is 0 Å². The van der Waals surface area contributed by atoms with E-state index in [4.69, 9.17) is 4.84 Å². The fourth-order valence-corrected chi connectivity index (χ4v) is 2.08. The van der Waals surface area contributed by atoms with Crippen molar-refractivity contribution in [2.24, 2.45) is 0 Å². The summed E-state index contributed by atoms with van der Waals surface area (Å²) in [6.45, 7) is 7.34. The molecule has 96 valence electrons. The van der Waals surface area contributed by atoms with Gasteiger partial charge in [0.15, 0.2) is 0 Å². The van der Waals surface area contributed by atoms with E-state index in [9.17, 15) is 8.42 Å². The lowest BCUT2D eigenvalue weighted by Crippen LogP contribution is -2.33. The van der Waals surface area contributed by atoms with Gasteiger partial charge in [-0.05, 0) is 44.9 Å². The molecule has 0 atom stereocenters. The Morgan fingerprint density at radius 2 is 1.71 bits per heavy atom. The average Bonchev–Trinajstić information content (AvgIpc) is 2.26. The summed E-state index contributed by atoms with van der Waals surface area (Å²) in [5.41, 5.74) is 0.539. The molecular formula is C12H19NO3S. The summed E-state index contributed by atoms with van der Waals surface area (Å²) in [6.07, 6.45) is 0.881. The normalized spacial score (nSPS) is 12.7. The molecule has 17 heavy (non-hydrogen) atoms. The molecule has 1 N–H and O–H groups in total. The number of hydrogen-bond donors (Lipinski definition) is 1. The van der Waals surface area contributed by atoms with E-state index in [1.54, 1.807) is 45.0 Å². The molecule has 4 nitrogen and oxygen atoms in total. The van der Waals surface area contributed by atoms with Gasteiger partial charge in [0.25, 0.3) is 10.0 Å². The Kier molecular flexibility index (Phi) is 4.30. The molecule has 1 rings (SSSR count). The number of benzene rings is 1. The minimum absolute atomic E-state index is 0.207. The van der Waals surface area contributed by atoms with Crippen LogP contribution < -0.4 is 4.89 Å². The van der Waals surface area contributed by atoms with Crippen LogP contribution in [0.4, 0.5) is 0 Å². The Labute approximate surface area is 103 Å². The fourth-order valence-electron chi connectivity index (χ4n) is 1.13. The third-order valence-corrected chi connectivity index (χ3v) is 3.29. The zero-order chi connectivity index (χ0) is 13.1. The van der Waals surface area contributed by atoms with Crippen molar-refractivity contribution in [3.05, 3.63) is 29.8 Å². The first-order valence-corrected chi connectivity index (χ1v) is 7.02. The van der Waals surface area contributed by atoms with Gasteiger partial charge in [-0.15, -0.1) is 0 Å². The highest BCUT2D eigenvalue weighted by atomic mass is 32.2. The van der Waals surface area contributed by atoms with E-state index in [1.165, 1.54) is 0 Å². The summed E-state index contributed by atoms with van der Waals surface area (Å²) < 4.78 is 23.7. The number of sulfonamides is 1. The minimum Gasteiger partial charge on any atom is -0.281 e. The minimum atomic E-state index is -3.59. The van der Waals surface area contributed by atoms with Gasteiger partial charge in [0.05, 0.1) is 10.5 Å². The number of aryl methyl sites for hydroxylation is 1. The van der Waals surface area contributed by atoms with E-state index in [-0.39, 0.29) is 4.90 Å². The Morgan fingerprint density at radius 3 is 2.12 bits per heavy atom. The Hall–Kier alpha value is -0.910. The Morgan fingerprint density at radius 1 is 1.18 bits per heavy atom. The molecule has 5 heteroatoms. The van der Waals surface area contributed by atoms with Gasteiger partial charge in [-0.25, -0.2) is 8.42 Å². The lowest BCUT2D eigenvalue weighted by molar-refractivity contribution is -0.0357. The van der Waals surface area contributed by atoms with Gasteiger partial charge >= 0.3 is 0 Å². The quantitative estimate of drug-likeness (QED) is 0.842. The van der Waals surface area contributed by atoms with Crippen LogP contribution in [0.5, 0.6) is 0 Å². The summed E-state index contributed by atoms with van der Waals surface area (Å²) in [5.74, 6) is 0. The number of nitrogens with one attached hydrogen (secondary N) is 1. The first kappa shape index (κ1) is 14.2. The maximum absolute atomic E-state index is 11.8. The van der Waals surface area contributed by atoms with Crippen LogP contribution in [0, 0.1) is 0 Å².